The molecule has 0 saturated heterocycles. The number of aromatic nitrogens is 4. The molecule has 0 spiro atoms. The van der Waals surface area contributed by atoms with Crippen LogP contribution in [0.1, 0.15) is 29.3 Å². The van der Waals surface area contributed by atoms with Crippen molar-refractivity contribution < 1.29 is 14.1 Å². The lowest BCUT2D eigenvalue weighted by Gasteiger charge is -2.12. The van der Waals surface area contributed by atoms with E-state index in [-0.39, 0.29) is 10.8 Å². The first kappa shape index (κ1) is 24.0. The third kappa shape index (κ3) is 4.72. The van der Waals surface area contributed by atoms with Crippen LogP contribution in [-0.2, 0) is 11.3 Å². The van der Waals surface area contributed by atoms with E-state index in [1.807, 2.05) is 36.4 Å². The Morgan fingerprint density at radius 1 is 1.06 bits per heavy atom. The normalized spacial score (nSPS) is 11.2. The summed E-state index contributed by atoms with van der Waals surface area (Å²) in [4.78, 5) is 21.8. The SMILES string of the molecule is CCCSc1nc2cccc(C(=O)OC)c2n1Cc1ccc(-c2ccccc2-c2nc(=S)o[nH]2)cc1. The number of nitrogens with zero attached hydrogens (tertiary/aromatic N) is 3. The molecule has 182 valence electrons. The number of H-pyrrole nitrogens is 1. The zero-order valence-corrected chi connectivity index (χ0v) is 21.5. The van der Waals surface area contributed by atoms with E-state index in [0.717, 1.165) is 50.6 Å². The molecule has 0 aliphatic heterocycles. The third-order valence-corrected chi connectivity index (χ3v) is 7.16. The second-order valence-corrected chi connectivity index (χ2v) is 9.58. The standard InChI is InChI=1S/C27H24N4O3S2/c1-3-15-36-26-28-22-10-6-9-21(25(32)33-2)23(22)31(26)16-17-11-13-18(14-12-17)19-7-4-5-8-20(19)24-29-27(35)34-30-24/h4-14H,3,15-16H2,1-2H3,(H,29,30,35). The molecular weight excluding hydrogens is 492 g/mol. The lowest BCUT2D eigenvalue weighted by atomic mass is 9.98. The molecular formula is C27H24N4O3S2. The highest BCUT2D eigenvalue weighted by Gasteiger charge is 2.19. The molecule has 5 aromatic rings. The minimum absolute atomic E-state index is 0.172. The highest BCUT2D eigenvalue weighted by atomic mass is 32.2. The summed E-state index contributed by atoms with van der Waals surface area (Å²) in [6.45, 7) is 2.72. The largest absolute Gasteiger partial charge is 0.465 e. The maximum absolute atomic E-state index is 12.5. The molecule has 2 heterocycles. The van der Waals surface area contributed by atoms with Crippen LogP contribution in [0.5, 0.6) is 0 Å². The van der Waals surface area contributed by atoms with Gasteiger partial charge in [-0.2, -0.15) is 4.98 Å². The second-order valence-electron chi connectivity index (χ2n) is 8.17. The first-order valence-corrected chi connectivity index (χ1v) is 12.9. The average Bonchev–Trinajstić information content (AvgIpc) is 3.50. The van der Waals surface area contributed by atoms with Crippen LogP contribution >= 0.6 is 24.0 Å². The Bertz CT molecular complexity index is 1580. The molecule has 0 unspecified atom stereocenters. The van der Waals surface area contributed by atoms with E-state index in [0.29, 0.717) is 17.9 Å². The molecule has 3 aromatic carbocycles. The van der Waals surface area contributed by atoms with Gasteiger partial charge in [0.05, 0.1) is 30.3 Å². The number of carbonyl (C=O) groups is 1. The van der Waals surface area contributed by atoms with Crippen molar-refractivity contribution in [1.29, 1.82) is 0 Å². The number of esters is 1. The van der Waals surface area contributed by atoms with Crippen LogP contribution < -0.4 is 0 Å². The van der Waals surface area contributed by atoms with E-state index in [9.17, 15) is 4.79 Å². The quantitative estimate of drug-likeness (QED) is 0.139. The van der Waals surface area contributed by atoms with E-state index in [2.05, 4.69) is 45.9 Å². The zero-order chi connectivity index (χ0) is 25.1. The Kier molecular flexibility index (Phi) is 7.02. The Balaban J connectivity index is 1.52. The van der Waals surface area contributed by atoms with Gasteiger partial charge in [0, 0.05) is 11.3 Å². The van der Waals surface area contributed by atoms with Gasteiger partial charge in [0.25, 0.3) is 0 Å². The number of hydrogen-bond donors (Lipinski definition) is 1. The highest BCUT2D eigenvalue weighted by Crippen LogP contribution is 2.32. The van der Waals surface area contributed by atoms with Crippen LogP contribution in [-0.4, -0.2) is 38.5 Å². The summed E-state index contributed by atoms with van der Waals surface area (Å²) in [7, 11) is 1.40. The summed E-state index contributed by atoms with van der Waals surface area (Å²) in [5.74, 6) is 1.17. The number of hydrogen-bond acceptors (Lipinski definition) is 7. The van der Waals surface area contributed by atoms with Gasteiger partial charge in [0.2, 0.25) is 0 Å². The lowest BCUT2D eigenvalue weighted by molar-refractivity contribution is 0.0602. The number of rotatable bonds is 8. The molecule has 0 bridgehead atoms. The Morgan fingerprint density at radius 3 is 2.53 bits per heavy atom. The van der Waals surface area contributed by atoms with Crippen molar-refractivity contribution >= 4 is 41.0 Å². The number of fused-ring (bicyclic) bond motifs is 1. The smallest absolute Gasteiger partial charge is 0.340 e. The fourth-order valence-corrected chi connectivity index (χ4v) is 5.14. The molecule has 0 radical (unpaired) electrons. The number of benzene rings is 3. The van der Waals surface area contributed by atoms with Crippen LogP contribution in [0.2, 0.25) is 0 Å². The number of carbonyl (C=O) groups excluding carboxylic acids is 1. The molecule has 0 amide bonds. The second kappa shape index (κ2) is 10.5. The lowest BCUT2D eigenvalue weighted by Crippen LogP contribution is -2.08. The molecule has 7 nitrogen and oxygen atoms in total. The number of ether oxygens (including phenoxy) is 1. The van der Waals surface area contributed by atoms with Crippen molar-refractivity contribution in [2.75, 3.05) is 12.9 Å². The maximum atomic E-state index is 12.5. The van der Waals surface area contributed by atoms with Gasteiger partial charge >= 0.3 is 10.8 Å². The molecule has 0 fully saturated rings. The Morgan fingerprint density at radius 2 is 1.83 bits per heavy atom. The average molecular weight is 517 g/mol. The van der Waals surface area contributed by atoms with Crippen molar-refractivity contribution in [2.24, 2.45) is 0 Å². The molecule has 2 aromatic heterocycles. The van der Waals surface area contributed by atoms with E-state index in [4.69, 9.17) is 26.5 Å². The van der Waals surface area contributed by atoms with Crippen molar-refractivity contribution in [2.45, 2.75) is 25.0 Å². The Hall–Kier alpha value is -3.69. The van der Waals surface area contributed by atoms with Crippen LogP contribution in [0.15, 0.2) is 76.4 Å². The number of nitrogens with one attached hydrogen (secondary N) is 1. The summed E-state index contributed by atoms with van der Waals surface area (Å²) in [5.41, 5.74) is 6.15. The number of aromatic amines is 1. The molecule has 0 saturated carbocycles. The highest BCUT2D eigenvalue weighted by molar-refractivity contribution is 7.99. The monoisotopic (exact) mass is 516 g/mol. The van der Waals surface area contributed by atoms with Crippen molar-refractivity contribution in [1.82, 2.24) is 19.7 Å². The maximum Gasteiger partial charge on any atom is 0.340 e. The van der Waals surface area contributed by atoms with Gasteiger partial charge in [-0.15, -0.1) is 0 Å². The molecule has 0 aliphatic rings. The van der Waals surface area contributed by atoms with Crippen molar-refractivity contribution in [3.05, 3.63) is 82.7 Å². The van der Waals surface area contributed by atoms with E-state index >= 15 is 0 Å². The summed E-state index contributed by atoms with van der Waals surface area (Å²) >= 11 is 6.71. The number of para-hydroxylation sites is 1. The third-order valence-electron chi connectivity index (χ3n) is 5.80. The first-order chi connectivity index (χ1) is 17.6. The topological polar surface area (TPSA) is 85.9 Å². The van der Waals surface area contributed by atoms with E-state index in [1.165, 1.54) is 7.11 Å². The first-order valence-electron chi connectivity index (χ1n) is 11.5. The fourth-order valence-electron chi connectivity index (χ4n) is 4.15. The van der Waals surface area contributed by atoms with Gasteiger partial charge in [0.1, 0.15) is 0 Å². The molecule has 0 aliphatic carbocycles. The molecule has 0 atom stereocenters. The van der Waals surface area contributed by atoms with E-state index < -0.39 is 0 Å². The summed E-state index contributed by atoms with van der Waals surface area (Å²) < 4.78 is 12.3. The van der Waals surface area contributed by atoms with Gasteiger partial charge in [-0.05, 0) is 47.5 Å². The van der Waals surface area contributed by atoms with Gasteiger partial charge < -0.3 is 13.8 Å². The van der Waals surface area contributed by atoms with E-state index in [1.54, 1.807) is 17.8 Å². The zero-order valence-electron chi connectivity index (χ0n) is 19.9. The summed E-state index contributed by atoms with van der Waals surface area (Å²) in [6.07, 6.45) is 1.03. The van der Waals surface area contributed by atoms with Gasteiger partial charge in [-0.1, -0.05) is 73.3 Å². The molecule has 9 heteroatoms. The minimum Gasteiger partial charge on any atom is -0.465 e. The van der Waals surface area contributed by atoms with Crippen LogP contribution in [0.25, 0.3) is 33.5 Å². The van der Waals surface area contributed by atoms with Crippen LogP contribution in [0.4, 0.5) is 0 Å². The predicted molar refractivity (Wildman–Crippen MR) is 144 cm³/mol. The number of methoxy groups -OCH3 is 1. The summed E-state index contributed by atoms with van der Waals surface area (Å²) in [6, 6.07) is 21.9. The predicted octanol–water partition coefficient (Wildman–Crippen LogP) is 6.75. The fraction of sp³-hybridized carbons (Fsp3) is 0.185. The molecule has 5 rings (SSSR count). The molecule has 36 heavy (non-hydrogen) atoms. The number of thioether (sulfide) groups is 1. The summed E-state index contributed by atoms with van der Waals surface area (Å²) in [5, 5.41) is 3.68. The number of imidazole rings is 1. The Labute approximate surface area is 217 Å². The van der Waals surface area contributed by atoms with Gasteiger partial charge in [0.15, 0.2) is 11.0 Å². The van der Waals surface area contributed by atoms with Gasteiger partial charge in [-0.25, -0.2) is 14.9 Å². The van der Waals surface area contributed by atoms with Crippen LogP contribution in [0.3, 0.4) is 0 Å². The van der Waals surface area contributed by atoms with Gasteiger partial charge in [-0.3, -0.25) is 0 Å². The minimum atomic E-state index is -0.368. The van der Waals surface area contributed by atoms with Crippen molar-refractivity contribution in [3.8, 4) is 22.5 Å². The molecule has 1 N–H and O–H groups in total. The van der Waals surface area contributed by atoms with Crippen molar-refractivity contribution in [3.63, 3.8) is 0 Å². The van der Waals surface area contributed by atoms with Crippen LogP contribution in [0, 0.1) is 4.84 Å².